The number of fused-ring (bicyclic) bond motifs is 1. The lowest BCUT2D eigenvalue weighted by molar-refractivity contribution is -0.120. The van der Waals surface area contributed by atoms with Crippen LogP contribution in [0, 0.1) is 0 Å². The number of nitrogens with one attached hydrogen (secondary N) is 2. The molecule has 0 spiro atoms. The first kappa shape index (κ1) is 27.1. The molecule has 0 unspecified atom stereocenters. The predicted molar refractivity (Wildman–Crippen MR) is 152 cm³/mol. The van der Waals surface area contributed by atoms with Crippen molar-refractivity contribution in [3.63, 3.8) is 0 Å². The average Bonchev–Trinajstić information content (AvgIpc) is 3.42. The van der Waals surface area contributed by atoms with Gasteiger partial charge < -0.3 is 29.3 Å². The third-order valence-electron chi connectivity index (χ3n) is 7.27. The number of hydrogen-bond donors (Lipinski definition) is 2. The van der Waals surface area contributed by atoms with Gasteiger partial charge in [-0.1, -0.05) is 25.0 Å². The van der Waals surface area contributed by atoms with Gasteiger partial charge in [-0.15, -0.1) is 0 Å². The van der Waals surface area contributed by atoms with Crippen molar-refractivity contribution in [1.29, 1.82) is 0 Å². The van der Waals surface area contributed by atoms with E-state index in [1.807, 2.05) is 42.5 Å². The average molecular weight is 544 g/mol. The number of rotatable bonds is 8. The molecule has 2 heterocycles. The molecule has 40 heavy (non-hydrogen) atoms. The number of ether oxygens (including phenoxy) is 3. The van der Waals surface area contributed by atoms with Crippen LogP contribution in [-0.4, -0.2) is 50.2 Å². The van der Waals surface area contributed by atoms with Gasteiger partial charge in [-0.3, -0.25) is 14.6 Å². The van der Waals surface area contributed by atoms with Crippen molar-refractivity contribution in [3.8, 4) is 39.7 Å². The van der Waals surface area contributed by atoms with Crippen LogP contribution < -0.4 is 24.8 Å². The first-order chi connectivity index (χ1) is 19.4. The van der Waals surface area contributed by atoms with Gasteiger partial charge in [-0.25, -0.2) is 0 Å². The van der Waals surface area contributed by atoms with Gasteiger partial charge >= 0.3 is 0 Å². The second-order valence-corrected chi connectivity index (χ2v) is 9.85. The lowest BCUT2D eigenvalue weighted by Gasteiger charge is -2.32. The maximum absolute atomic E-state index is 13.3. The summed E-state index contributed by atoms with van der Waals surface area (Å²) < 4.78 is 22.8. The Labute approximate surface area is 232 Å². The Morgan fingerprint density at radius 1 is 0.875 bits per heavy atom. The molecule has 0 aliphatic heterocycles. The molecular formula is C31H33N3O6. The van der Waals surface area contributed by atoms with Gasteiger partial charge in [0.2, 0.25) is 11.7 Å². The number of aromatic nitrogens is 1. The van der Waals surface area contributed by atoms with E-state index in [1.165, 1.54) is 6.92 Å². The second-order valence-electron chi connectivity index (χ2n) is 9.85. The van der Waals surface area contributed by atoms with E-state index < -0.39 is 0 Å². The molecule has 2 aromatic carbocycles. The number of methoxy groups -OCH3 is 3. The molecule has 9 nitrogen and oxygen atoms in total. The van der Waals surface area contributed by atoms with E-state index >= 15 is 0 Å². The Hall–Kier alpha value is -4.53. The molecule has 4 aromatic rings. The number of amides is 2. The molecule has 1 saturated carbocycles. The Bertz CT molecular complexity index is 1520. The maximum Gasteiger partial charge on any atom is 0.251 e. The third-order valence-corrected chi connectivity index (χ3v) is 7.27. The molecule has 2 atom stereocenters. The van der Waals surface area contributed by atoms with E-state index in [2.05, 4.69) is 15.6 Å². The number of benzene rings is 2. The summed E-state index contributed by atoms with van der Waals surface area (Å²) in [4.78, 5) is 29.4. The smallest absolute Gasteiger partial charge is 0.251 e. The number of furan rings is 1. The SMILES string of the molecule is COc1cc(-c2cc3nccc(-c4cccc(C(=O)N[C@@H]5CCCC[C@@H]5NC(C)=O)c4)c3o2)cc(OC)c1OC. The fourth-order valence-electron chi connectivity index (χ4n) is 5.35. The summed E-state index contributed by atoms with van der Waals surface area (Å²) in [6.45, 7) is 1.51. The topological polar surface area (TPSA) is 112 Å². The Morgan fingerprint density at radius 3 is 2.23 bits per heavy atom. The van der Waals surface area contributed by atoms with Gasteiger partial charge in [0.15, 0.2) is 17.1 Å². The normalized spacial score (nSPS) is 16.8. The van der Waals surface area contributed by atoms with Crippen molar-refractivity contribution in [1.82, 2.24) is 15.6 Å². The zero-order valence-electron chi connectivity index (χ0n) is 23.1. The van der Waals surface area contributed by atoms with Crippen molar-refractivity contribution in [2.24, 2.45) is 0 Å². The molecule has 1 fully saturated rings. The van der Waals surface area contributed by atoms with E-state index in [0.29, 0.717) is 39.7 Å². The van der Waals surface area contributed by atoms with Crippen LogP contribution in [0.3, 0.4) is 0 Å². The highest BCUT2D eigenvalue weighted by molar-refractivity contribution is 5.98. The molecule has 1 aliphatic rings. The number of hydrogen-bond acceptors (Lipinski definition) is 7. The standard InChI is InChI=1S/C31H33N3O6/c1-18(35)33-23-10-5-6-11-24(23)34-31(36)20-9-7-8-19(14-20)22-12-13-32-25-17-26(40-29(22)25)21-15-27(37-2)30(39-4)28(16-21)38-3/h7-9,12-17,23-24H,5-6,10-11H2,1-4H3,(H,33,35)(H,34,36)/t23-,24+/m0/s1. The molecule has 2 aromatic heterocycles. The molecule has 0 bridgehead atoms. The Morgan fingerprint density at radius 2 is 1.57 bits per heavy atom. The fourth-order valence-corrected chi connectivity index (χ4v) is 5.35. The van der Waals surface area contributed by atoms with E-state index in [9.17, 15) is 9.59 Å². The molecule has 0 saturated heterocycles. The Balaban J connectivity index is 1.46. The summed E-state index contributed by atoms with van der Waals surface area (Å²) in [5.41, 5.74) is 4.19. The van der Waals surface area contributed by atoms with Crippen molar-refractivity contribution >= 4 is 22.9 Å². The third kappa shape index (κ3) is 5.45. The molecule has 1 aliphatic carbocycles. The first-order valence-electron chi connectivity index (χ1n) is 13.3. The Kier molecular flexibility index (Phi) is 7.91. The van der Waals surface area contributed by atoms with Crippen LogP contribution in [-0.2, 0) is 4.79 Å². The van der Waals surface area contributed by atoms with Crippen molar-refractivity contribution in [3.05, 3.63) is 60.3 Å². The van der Waals surface area contributed by atoms with Gasteiger partial charge in [-0.05, 0) is 48.7 Å². The minimum atomic E-state index is -0.174. The van der Waals surface area contributed by atoms with Crippen LogP contribution in [0.4, 0.5) is 0 Å². The molecular weight excluding hydrogens is 510 g/mol. The van der Waals surface area contributed by atoms with E-state index in [0.717, 1.165) is 42.4 Å². The highest BCUT2D eigenvalue weighted by atomic mass is 16.5. The first-order valence-corrected chi connectivity index (χ1v) is 13.3. The van der Waals surface area contributed by atoms with E-state index in [-0.39, 0.29) is 23.9 Å². The summed E-state index contributed by atoms with van der Waals surface area (Å²) >= 11 is 0. The van der Waals surface area contributed by atoms with Crippen molar-refractivity contribution in [2.45, 2.75) is 44.7 Å². The summed E-state index contributed by atoms with van der Waals surface area (Å²) in [7, 11) is 4.69. The summed E-state index contributed by atoms with van der Waals surface area (Å²) in [6, 6.07) is 14.6. The molecule has 5 rings (SSSR count). The van der Waals surface area contributed by atoms with Crippen LogP contribution in [0.25, 0.3) is 33.6 Å². The maximum atomic E-state index is 13.3. The van der Waals surface area contributed by atoms with E-state index in [4.69, 9.17) is 18.6 Å². The van der Waals surface area contributed by atoms with Gasteiger partial charge in [-0.2, -0.15) is 0 Å². The summed E-state index contributed by atoms with van der Waals surface area (Å²) in [6.07, 6.45) is 5.46. The highest BCUT2D eigenvalue weighted by Crippen LogP contribution is 2.43. The minimum Gasteiger partial charge on any atom is -0.493 e. The molecule has 9 heteroatoms. The number of nitrogens with zero attached hydrogens (tertiary/aromatic N) is 1. The summed E-state index contributed by atoms with van der Waals surface area (Å²) in [5, 5.41) is 6.13. The van der Waals surface area contributed by atoms with Gasteiger partial charge in [0.1, 0.15) is 11.3 Å². The molecule has 2 N–H and O–H groups in total. The lowest BCUT2D eigenvalue weighted by atomic mass is 9.90. The fraction of sp³-hybridized carbons (Fsp3) is 0.323. The van der Waals surface area contributed by atoms with Crippen LogP contribution in [0.2, 0.25) is 0 Å². The minimum absolute atomic E-state index is 0.0602. The predicted octanol–water partition coefficient (Wildman–Crippen LogP) is 5.36. The number of carbonyl (C=O) groups excluding carboxylic acids is 2. The van der Waals surface area contributed by atoms with E-state index in [1.54, 1.807) is 33.6 Å². The zero-order chi connectivity index (χ0) is 28.2. The van der Waals surface area contributed by atoms with Gasteiger partial charge in [0.05, 0.1) is 21.3 Å². The highest BCUT2D eigenvalue weighted by Gasteiger charge is 2.27. The zero-order valence-corrected chi connectivity index (χ0v) is 23.1. The lowest BCUT2D eigenvalue weighted by Crippen LogP contribution is -2.52. The van der Waals surface area contributed by atoms with Gasteiger partial charge in [0.25, 0.3) is 5.91 Å². The molecule has 208 valence electrons. The monoisotopic (exact) mass is 543 g/mol. The van der Waals surface area contributed by atoms with Crippen LogP contribution in [0.5, 0.6) is 17.2 Å². The number of carbonyl (C=O) groups is 2. The molecule has 0 radical (unpaired) electrons. The van der Waals surface area contributed by atoms with Gasteiger partial charge in [0, 0.05) is 48.0 Å². The summed E-state index contributed by atoms with van der Waals surface area (Å²) in [5.74, 6) is 1.86. The second kappa shape index (κ2) is 11.7. The van der Waals surface area contributed by atoms with Crippen molar-refractivity contribution in [2.75, 3.05) is 21.3 Å². The van der Waals surface area contributed by atoms with Crippen LogP contribution in [0.15, 0.2) is 59.1 Å². The molecule has 2 amide bonds. The number of pyridine rings is 1. The van der Waals surface area contributed by atoms with Crippen LogP contribution in [0.1, 0.15) is 43.0 Å². The largest absolute Gasteiger partial charge is 0.493 e. The van der Waals surface area contributed by atoms with Crippen molar-refractivity contribution < 1.29 is 28.2 Å². The van der Waals surface area contributed by atoms with Crippen LogP contribution >= 0.6 is 0 Å². The quantitative estimate of drug-likeness (QED) is 0.308.